The van der Waals surface area contributed by atoms with Gasteiger partial charge in [-0.25, -0.2) is 0 Å². The lowest BCUT2D eigenvalue weighted by atomic mass is 10.1. The van der Waals surface area contributed by atoms with Gasteiger partial charge in [-0.1, -0.05) is 30.3 Å². The lowest BCUT2D eigenvalue weighted by Crippen LogP contribution is -1.95. The number of para-hydroxylation sites is 1. The van der Waals surface area contributed by atoms with Crippen molar-refractivity contribution in [2.45, 2.75) is 6.61 Å². The molecule has 0 amide bonds. The summed E-state index contributed by atoms with van der Waals surface area (Å²) in [6.07, 6.45) is 0. The van der Waals surface area contributed by atoms with Gasteiger partial charge < -0.3 is 9.15 Å². The lowest BCUT2D eigenvalue weighted by Gasteiger charge is -2.06. The second-order valence-corrected chi connectivity index (χ2v) is 5.35. The van der Waals surface area contributed by atoms with Crippen LogP contribution in [0, 0.1) is 11.3 Å². The number of nitrogens with zero attached hydrogens (tertiary/aromatic N) is 1. The van der Waals surface area contributed by atoms with Gasteiger partial charge in [0, 0.05) is 10.8 Å². The molecule has 3 nitrogen and oxygen atoms in total. The molecule has 0 N–H and O–H groups in total. The number of fused-ring (bicyclic) bond motifs is 3. The SMILES string of the molecule is N#Cc1ccc(COc2ccc3oc4ccccc4c3c2)cc1. The highest BCUT2D eigenvalue weighted by molar-refractivity contribution is 6.05. The standard InChI is InChI=1S/C20H13NO2/c21-12-14-5-7-15(8-6-14)13-22-16-9-10-20-18(11-16)17-3-1-2-4-19(17)23-20/h1-11H,13H2. The van der Waals surface area contributed by atoms with E-state index in [4.69, 9.17) is 14.4 Å². The number of nitriles is 1. The smallest absolute Gasteiger partial charge is 0.135 e. The summed E-state index contributed by atoms with van der Waals surface area (Å²) < 4.78 is 11.7. The van der Waals surface area contributed by atoms with Gasteiger partial charge in [0.05, 0.1) is 11.6 Å². The minimum atomic E-state index is 0.465. The maximum Gasteiger partial charge on any atom is 0.135 e. The van der Waals surface area contributed by atoms with Gasteiger partial charge in [0.2, 0.25) is 0 Å². The Kier molecular flexibility index (Phi) is 3.21. The van der Waals surface area contributed by atoms with Gasteiger partial charge in [-0.2, -0.15) is 5.26 Å². The molecule has 110 valence electrons. The van der Waals surface area contributed by atoms with Crippen molar-refractivity contribution in [3.05, 3.63) is 77.9 Å². The molecule has 1 heterocycles. The third kappa shape index (κ3) is 2.51. The third-order valence-corrected chi connectivity index (χ3v) is 3.84. The molecule has 0 atom stereocenters. The van der Waals surface area contributed by atoms with Crippen LogP contribution in [0.1, 0.15) is 11.1 Å². The molecule has 0 saturated carbocycles. The Labute approximate surface area is 133 Å². The van der Waals surface area contributed by atoms with E-state index in [2.05, 4.69) is 6.07 Å². The van der Waals surface area contributed by atoms with Crippen molar-refractivity contribution >= 4 is 21.9 Å². The average Bonchev–Trinajstić information content (AvgIpc) is 2.98. The van der Waals surface area contributed by atoms with Crippen LogP contribution in [-0.4, -0.2) is 0 Å². The molecule has 3 heteroatoms. The zero-order valence-corrected chi connectivity index (χ0v) is 12.3. The number of hydrogen-bond acceptors (Lipinski definition) is 3. The van der Waals surface area contributed by atoms with Crippen LogP contribution in [0.2, 0.25) is 0 Å². The number of ether oxygens (including phenoxy) is 1. The van der Waals surface area contributed by atoms with Gasteiger partial charge in [0.1, 0.15) is 23.5 Å². The van der Waals surface area contributed by atoms with Crippen LogP contribution in [0.15, 0.2) is 71.1 Å². The molecule has 0 radical (unpaired) electrons. The second-order valence-electron chi connectivity index (χ2n) is 5.35. The molecule has 0 aliphatic heterocycles. The summed E-state index contributed by atoms with van der Waals surface area (Å²) in [6.45, 7) is 0.465. The number of furan rings is 1. The fourth-order valence-electron chi connectivity index (χ4n) is 2.64. The molecule has 4 rings (SSSR count). The molecule has 0 fully saturated rings. The fourth-order valence-corrected chi connectivity index (χ4v) is 2.64. The summed E-state index contributed by atoms with van der Waals surface area (Å²) in [6, 6.07) is 23.3. The molecule has 0 aliphatic rings. The van der Waals surface area contributed by atoms with Gasteiger partial charge in [-0.05, 0) is 42.0 Å². The van der Waals surface area contributed by atoms with Gasteiger partial charge in [-0.15, -0.1) is 0 Å². The molecule has 0 spiro atoms. The van der Waals surface area contributed by atoms with E-state index in [0.717, 1.165) is 33.3 Å². The maximum absolute atomic E-state index is 8.81. The summed E-state index contributed by atoms with van der Waals surface area (Å²) in [5.41, 5.74) is 3.42. The summed E-state index contributed by atoms with van der Waals surface area (Å²) in [4.78, 5) is 0. The normalized spacial score (nSPS) is 10.7. The Morgan fingerprint density at radius 2 is 1.65 bits per heavy atom. The average molecular weight is 299 g/mol. The molecule has 1 aromatic heterocycles. The van der Waals surface area contributed by atoms with E-state index in [9.17, 15) is 0 Å². The van der Waals surface area contributed by atoms with E-state index >= 15 is 0 Å². The lowest BCUT2D eigenvalue weighted by molar-refractivity contribution is 0.306. The van der Waals surface area contributed by atoms with Crippen LogP contribution in [0.3, 0.4) is 0 Å². The van der Waals surface area contributed by atoms with E-state index in [1.807, 2.05) is 54.6 Å². The monoisotopic (exact) mass is 299 g/mol. The first kappa shape index (κ1) is 13.4. The molecule has 4 aromatic rings. The number of benzene rings is 3. The molecule has 23 heavy (non-hydrogen) atoms. The zero-order chi connectivity index (χ0) is 15.6. The summed E-state index contributed by atoms with van der Waals surface area (Å²) in [5.74, 6) is 0.799. The molecular formula is C20H13NO2. The van der Waals surface area contributed by atoms with Gasteiger partial charge >= 0.3 is 0 Å². The van der Waals surface area contributed by atoms with E-state index < -0.39 is 0 Å². The first-order chi connectivity index (χ1) is 11.3. The fraction of sp³-hybridized carbons (Fsp3) is 0.0500. The van der Waals surface area contributed by atoms with E-state index in [-0.39, 0.29) is 0 Å². The predicted octanol–water partition coefficient (Wildman–Crippen LogP) is 5.04. The third-order valence-electron chi connectivity index (χ3n) is 3.84. The van der Waals surface area contributed by atoms with E-state index in [0.29, 0.717) is 12.2 Å². The number of hydrogen-bond donors (Lipinski definition) is 0. The van der Waals surface area contributed by atoms with Crippen LogP contribution in [0.25, 0.3) is 21.9 Å². The number of rotatable bonds is 3. The Morgan fingerprint density at radius 3 is 2.48 bits per heavy atom. The molecule has 0 unspecified atom stereocenters. The van der Waals surface area contributed by atoms with Gasteiger partial charge in [0.25, 0.3) is 0 Å². The van der Waals surface area contributed by atoms with E-state index in [1.54, 1.807) is 12.1 Å². The van der Waals surface area contributed by atoms with E-state index in [1.165, 1.54) is 0 Å². The molecule has 0 bridgehead atoms. The Balaban J connectivity index is 1.61. The van der Waals surface area contributed by atoms with Crippen LogP contribution < -0.4 is 4.74 Å². The first-order valence-electron chi connectivity index (χ1n) is 7.36. The quantitative estimate of drug-likeness (QED) is 0.532. The van der Waals surface area contributed by atoms with Crippen molar-refractivity contribution in [1.29, 1.82) is 5.26 Å². The van der Waals surface area contributed by atoms with Crippen LogP contribution in [0.4, 0.5) is 0 Å². The molecule has 3 aromatic carbocycles. The second kappa shape index (κ2) is 5.51. The molecule has 0 aliphatic carbocycles. The first-order valence-corrected chi connectivity index (χ1v) is 7.36. The highest BCUT2D eigenvalue weighted by Gasteiger charge is 2.07. The van der Waals surface area contributed by atoms with Crippen molar-refractivity contribution in [3.8, 4) is 11.8 Å². The van der Waals surface area contributed by atoms with Crippen molar-refractivity contribution in [2.75, 3.05) is 0 Å². The Hall–Kier alpha value is -3.25. The highest BCUT2D eigenvalue weighted by atomic mass is 16.5. The van der Waals surface area contributed by atoms with Crippen molar-refractivity contribution < 1.29 is 9.15 Å². The summed E-state index contributed by atoms with van der Waals surface area (Å²) in [7, 11) is 0. The summed E-state index contributed by atoms with van der Waals surface area (Å²) in [5, 5.41) is 11.0. The largest absolute Gasteiger partial charge is 0.489 e. The van der Waals surface area contributed by atoms with Crippen molar-refractivity contribution in [2.24, 2.45) is 0 Å². The maximum atomic E-state index is 8.81. The van der Waals surface area contributed by atoms with Gasteiger partial charge in [-0.3, -0.25) is 0 Å². The Morgan fingerprint density at radius 1 is 0.870 bits per heavy atom. The zero-order valence-electron chi connectivity index (χ0n) is 12.3. The van der Waals surface area contributed by atoms with Crippen LogP contribution in [-0.2, 0) is 6.61 Å². The minimum Gasteiger partial charge on any atom is -0.489 e. The molecular weight excluding hydrogens is 286 g/mol. The summed E-state index contributed by atoms with van der Waals surface area (Å²) >= 11 is 0. The van der Waals surface area contributed by atoms with Gasteiger partial charge in [0.15, 0.2) is 0 Å². The Bertz CT molecular complexity index is 1020. The van der Waals surface area contributed by atoms with Crippen LogP contribution >= 0.6 is 0 Å². The molecule has 0 saturated heterocycles. The predicted molar refractivity (Wildman–Crippen MR) is 89.2 cm³/mol. The minimum absolute atomic E-state index is 0.465. The van der Waals surface area contributed by atoms with Crippen molar-refractivity contribution in [1.82, 2.24) is 0 Å². The topological polar surface area (TPSA) is 46.2 Å². The highest BCUT2D eigenvalue weighted by Crippen LogP contribution is 2.31. The van der Waals surface area contributed by atoms with Crippen molar-refractivity contribution in [3.63, 3.8) is 0 Å². The van der Waals surface area contributed by atoms with Crippen LogP contribution in [0.5, 0.6) is 5.75 Å².